The van der Waals surface area contributed by atoms with Crippen molar-refractivity contribution >= 4 is 23.2 Å². The lowest BCUT2D eigenvalue weighted by Gasteiger charge is -2.32. The Kier molecular flexibility index (Phi) is 6.64. The first-order chi connectivity index (χ1) is 7.69. The van der Waals surface area contributed by atoms with E-state index in [2.05, 4.69) is 0 Å². The van der Waals surface area contributed by atoms with Crippen molar-refractivity contribution in [3.8, 4) is 0 Å². The lowest BCUT2D eigenvalue weighted by Crippen LogP contribution is -2.44. The van der Waals surface area contributed by atoms with Crippen LogP contribution in [-0.4, -0.2) is 33.4 Å². The minimum absolute atomic E-state index is 0.187. The summed E-state index contributed by atoms with van der Waals surface area (Å²) in [5.41, 5.74) is -1.24. The molecule has 0 aliphatic rings. The largest absolute Gasteiger partial charge is 0.500 e. The standard InChI is InChI=1S/C12H22O4S/c1-8(2)5-12(11(15)17,6-10(13)14)16-7-9(3)4/h8-9H,5-7H2,1-4H3,(H,13,14)(H,15,17). The third-order valence-corrected chi connectivity index (χ3v) is 2.63. The molecule has 2 N–H and O–H groups in total. The summed E-state index contributed by atoms with van der Waals surface area (Å²) in [5, 5.41) is 18.2. The van der Waals surface area contributed by atoms with Gasteiger partial charge in [-0.15, -0.1) is 0 Å². The van der Waals surface area contributed by atoms with E-state index < -0.39 is 11.6 Å². The highest BCUT2D eigenvalue weighted by Crippen LogP contribution is 2.27. The molecule has 17 heavy (non-hydrogen) atoms. The van der Waals surface area contributed by atoms with Crippen LogP contribution in [0.5, 0.6) is 0 Å². The SMILES string of the molecule is CC(C)COC(CC(=O)O)(CC(C)C)C(O)=S. The Morgan fingerprint density at radius 3 is 2.06 bits per heavy atom. The Labute approximate surface area is 108 Å². The number of aliphatic hydroxyl groups excluding tert-OH is 1. The second-order valence-electron chi connectivity index (χ2n) is 5.17. The van der Waals surface area contributed by atoms with Gasteiger partial charge in [0.25, 0.3) is 0 Å². The van der Waals surface area contributed by atoms with E-state index >= 15 is 0 Å². The van der Waals surface area contributed by atoms with Gasteiger partial charge < -0.3 is 14.9 Å². The van der Waals surface area contributed by atoms with E-state index in [0.717, 1.165) is 0 Å². The van der Waals surface area contributed by atoms with Crippen molar-refractivity contribution in [3.05, 3.63) is 0 Å². The fourth-order valence-corrected chi connectivity index (χ4v) is 1.85. The molecule has 0 fully saturated rings. The first-order valence-electron chi connectivity index (χ1n) is 5.78. The highest BCUT2D eigenvalue weighted by Gasteiger charge is 2.39. The van der Waals surface area contributed by atoms with Crippen LogP contribution < -0.4 is 0 Å². The number of carboxylic acids is 1. The third kappa shape index (κ3) is 5.98. The van der Waals surface area contributed by atoms with Crippen molar-refractivity contribution in [1.29, 1.82) is 0 Å². The maximum absolute atomic E-state index is 10.9. The minimum atomic E-state index is -1.24. The second kappa shape index (κ2) is 6.91. The molecule has 0 amide bonds. The lowest BCUT2D eigenvalue weighted by atomic mass is 9.89. The summed E-state index contributed by atoms with van der Waals surface area (Å²) in [5.74, 6) is -0.581. The summed E-state index contributed by atoms with van der Waals surface area (Å²) in [6, 6.07) is 0. The fourth-order valence-electron chi connectivity index (χ4n) is 1.64. The number of rotatable bonds is 8. The van der Waals surface area contributed by atoms with Crippen LogP contribution in [0.1, 0.15) is 40.5 Å². The van der Waals surface area contributed by atoms with E-state index in [-0.39, 0.29) is 23.3 Å². The quantitative estimate of drug-likeness (QED) is 0.658. The Morgan fingerprint density at radius 2 is 1.76 bits per heavy atom. The number of carbonyl (C=O) groups is 1. The van der Waals surface area contributed by atoms with Crippen molar-refractivity contribution in [2.24, 2.45) is 11.8 Å². The van der Waals surface area contributed by atoms with Gasteiger partial charge >= 0.3 is 5.97 Å². The zero-order valence-electron chi connectivity index (χ0n) is 10.9. The normalized spacial score (nSPS) is 14.9. The molecular formula is C12H22O4S. The van der Waals surface area contributed by atoms with Crippen molar-refractivity contribution < 1.29 is 19.7 Å². The summed E-state index contributed by atoms with van der Waals surface area (Å²) in [4.78, 5) is 10.9. The van der Waals surface area contributed by atoms with E-state index in [4.69, 9.17) is 22.1 Å². The van der Waals surface area contributed by atoms with Gasteiger partial charge in [0.05, 0.1) is 13.0 Å². The van der Waals surface area contributed by atoms with Crippen LogP contribution in [0, 0.1) is 11.8 Å². The zero-order valence-corrected chi connectivity index (χ0v) is 11.7. The first kappa shape index (κ1) is 16.3. The predicted molar refractivity (Wildman–Crippen MR) is 70.5 cm³/mol. The van der Waals surface area contributed by atoms with Gasteiger partial charge in [-0.1, -0.05) is 27.7 Å². The summed E-state index contributed by atoms with van der Waals surface area (Å²) in [7, 11) is 0. The number of hydrogen-bond donors (Lipinski definition) is 2. The molecule has 0 spiro atoms. The van der Waals surface area contributed by atoms with Gasteiger partial charge in [-0.25, -0.2) is 0 Å². The van der Waals surface area contributed by atoms with Crippen LogP contribution in [0.3, 0.4) is 0 Å². The van der Waals surface area contributed by atoms with Gasteiger partial charge in [-0.2, -0.15) is 0 Å². The summed E-state index contributed by atoms with van der Waals surface area (Å²) < 4.78 is 5.60. The molecule has 0 aromatic carbocycles. The van der Waals surface area contributed by atoms with Gasteiger partial charge in [0.2, 0.25) is 0 Å². The number of ether oxygens (including phenoxy) is 1. The lowest BCUT2D eigenvalue weighted by molar-refractivity contribution is -0.143. The molecule has 1 atom stereocenters. The molecule has 1 unspecified atom stereocenters. The van der Waals surface area contributed by atoms with Crippen LogP contribution in [-0.2, 0) is 9.53 Å². The highest BCUT2D eigenvalue weighted by molar-refractivity contribution is 7.80. The summed E-state index contributed by atoms with van der Waals surface area (Å²) >= 11 is 4.79. The third-order valence-electron chi connectivity index (χ3n) is 2.26. The van der Waals surface area contributed by atoms with Crippen molar-refractivity contribution in [3.63, 3.8) is 0 Å². The van der Waals surface area contributed by atoms with Gasteiger partial charge in [-0.3, -0.25) is 4.79 Å². The average molecular weight is 262 g/mol. The number of aliphatic hydroxyl groups is 1. The average Bonchev–Trinajstić information content (AvgIpc) is 2.11. The van der Waals surface area contributed by atoms with Crippen LogP contribution >= 0.6 is 12.2 Å². The molecule has 0 saturated heterocycles. The molecule has 0 aliphatic carbocycles. The van der Waals surface area contributed by atoms with Gasteiger partial charge in [-0.05, 0) is 30.5 Å². The highest BCUT2D eigenvalue weighted by atomic mass is 32.1. The molecule has 0 saturated carbocycles. The van der Waals surface area contributed by atoms with Crippen molar-refractivity contribution in [2.75, 3.05) is 6.61 Å². The van der Waals surface area contributed by atoms with Gasteiger partial charge in [0.1, 0.15) is 5.60 Å². The minimum Gasteiger partial charge on any atom is -0.500 e. The maximum Gasteiger partial charge on any atom is 0.306 e. The molecule has 0 heterocycles. The molecule has 4 nitrogen and oxygen atoms in total. The number of carboxylic acid groups (broad SMARTS) is 1. The van der Waals surface area contributed by atoms with E-state index in [0.29, 0.717) is 13.0 Å². The van der Waals surface area contributed by atoms with E-state index in [9.17, 15) is 9.90 Å². The molecule has 0 aromatic rings. The molecule has 0 aliphatic heterocycles. The Hall–Kier alpha value is -0.680. The fraction of sp³-hybridized carbons (Fsp3) is 0.833. The van der Waals surface area contributed by atoms with Crippen LogP contribution in [0.15, 0.2) is 0 Å². The van der Waals surface area contributed by atoms with Crippen molar-refractivity contribution in [1.82, 2.24) is 0 Å². The van der Waals surface area contributed by atoms with Crippen LogP contribution in [0.4, 0.5) is 0 Å². The summed E-state index contributed by atoms with van der Waals surface area (Å²) in [6.07, 6.45) is 0.106. The monoisotopic (exact) mass is 262 g/mol. The Morgan fingerprint density at radius 1 is 1.24 bits per heavy atom. The number of hydrogen-bond acceptors (Lipinski definition) is 3. The molecule has 100 valence electrons. The van der Waals surface area contributed by atoms with Crippen molar-refractivity contribution in [2.45, 2.75) is 46.1 Å². The first-order valence-corrected chi connectivity index (χ1v) is 6.19. The number of aliphatic carboxylic acids is 1. The van der Waals surface area contributed by atoms with E-state index in [1.165, 1.54) is 0 Å². The molecular weight excluding hydrogens is 240 g/mol. The van der Waals surface area contributed by atoms with Crippen LogP contribution in [0.25, 0.3) is 0 Å². The number of thiocarbonyl (C=S) groups is 1. The van der Waals surface area contributed by atoms with Crippen LogP contribution in [0.2, 0.25) is 0 Å². The molecule has 0 radical (unpaired) electrons. The molecule has 0 rings (SSSR count). The Balaban J connectivity index is 4.94. The molecule has 0 aromatic heterocycles. The predicted octanol–water partition coefficient (Wildman–Crippen LogP) is 2.80. The molecule has 5 heteroatoms. The topological polar surface area (TPSA) is 66.8 Å². The summed E-state index contributed by atoms with van der Waals surface area (Å²) in [6.45, 7) is 8.17. The second-order valence-corrected chi connectivity index (χ2v) is 5.56. The molecule has 0 bridgehead atoms. The Bertz CT molecular complexity index is 276. The van der Waals surface area contributed by atoms with E-state index in [1.807, 2.05) is 27.7 Å². The van der Waals surface area contributed by atoms with E-state index in [1.54, 1.807) is 0 Å². The smallest absolute Gasteiger partial charge is 0.306 e. The van der Waals surface area contributed by atoms with Gasteiger partial charge in [0.15, 0.2) is 5.05 Å². The van der Waals surface area contributed by atoms with Gasteiger partial charge in [0, 0.05) is 0 Å². The zero-order chi connectivity index (χ0) is 13.6. The maximum atomic E-state index is 10.9.